The Morgan fingerprint density at radius 3 is 2.94 bits per heavy atom. The maximum absolute atomic E-state index is 12.0. The zero-order chi connectivity index (χ0) is 12.5. The topological polar surface area (TPSA) is 54.1 Å². The molecule has 2 aromatic rings. The molecule has 4 heteroatoms. The molecule has 1 aliphatic carbocycles. The average Bonchev–Trinajstić information content (AvgIpc) is 2.77. The highest BCUT2D eigenvalue weighted by Crippen LogP contribution is 2.26. The SMILES string of the molecule is COc1cccc2[nH]c(C(=O)NC3CCC3)cc12. The fraction of sp³-hybridized carbons (Fsp3) is 0.357. The van der Waals surface area contributed by atoms with E-state index in [2.05, 4.69) is 10.3 Å². The standard InChI is InChI=1S/C14H16N2O2/c1-18-13-7-3-6-11-10(13)8-12(16-11)14(17)15-9-4-2-5-9/h3,6-9,16H,2,4-5H2,1H3,(H,15,17). The fourth-order valence-electron chi connectivity index (χ4n) is 2.24. The average molecular weight is 244 g/mol. The number of aromatic nitrogens is 1. The van der Waals surface area contributed by atoms with E-state index in [4.69, 9.17) is 4.74 Å². The molecule has 0 radical (unpaired) electrons. The summed E-state index contributed by atoms with van der Waals surface area (Å²) in [7, 11) is 1.63. The lowest BCUT2D eigenvalue weighted by atomic mass is 9.93. The number of hydrogen-bond acceptors (Lipinski definition) is 2. The molecule has 2 N–H and O–H groups in total. The zero-order valence-corrected chi connectivity index (χ0v) is 10.3. The van der Waals surface area contributed by atoms with E-state index in [-0.39, 0.29) is 5.91 Å². The van der Waals surface area contributed by atoms with Gasteiger partial charge >= 0.3 is 0 Å². The molecule has 0 saturated heterocycles. The molecule has 1 heterocycles. The van der Waals surface area contributed by atoms with Crippen molar-refractivity contribution in [1.82, 2.24) is 10.3 Å². The van der Waals surface area contributed by atoms with E-state index >= 15 is 0 Å². The highest BCUT2D eigenvalue weighted by Gasteiger charge is 2.21. The lowest BCUT2D eigenvalue weighted by Crippen LogP contribution is -2.39. The summed E-state index contributed by atoms with van der Waals surface area (Å²) in [6.07, 6.45) is 3.40. The molecular formula is C14H16N2O2. The molecule has 1 aromatic carbocycles. The Labute approximate surface area is 105 Å². The van der Waals surface area contributed by atoms with E-state index in [1.807, 2.05) is 24.3 Å². The van der Waals surface area contributed by atoms with Crippen molar-refractivity contribution >= 4 is 16.8 Å². The van der Waals surface area contributed by atoms with E-state index < -0.39 is 0 Å². The first-order chi connectivity index (χ1) is 8.78. The molecule has 18 heavy (non-hydrogen) atoms. The van der Waals surface area contributed by atoms with Crippen molar-refractivity contribution in [2.24, 2.45) is 0 Å². The first-order valence-electron chi connectivity index (χ1n) is 6.24. The van der Waals surface area contributed by atoms with Gasteiger partial charge in [0.1, 0.15) is 11.4 Å². The van der Waals surface area contributed by atoms with E-state index in [0.29, 0.717) is 11.7 Å². The van der Waals surface area contributed by atoms with Crippen molar-refractivity contribution in [3.05, 3.63) is 30.0 Å². The summed E-state index contributed by atoms with van der Waals surface area (Å²) in [4.78, 5) is 15.2. The summed E-state index contributed by atoms with van der Waals surface area (Å²) in [5, 5.41) is 3.96. The van der Waals surface area contributed by atoms with Crippen LogP contribution in [0, 0.1) is 0 Å². The normalized spacial score (nSPS) is 15.4. The Morgan fingerprint density at radius 1 is 1.44 bits per heavy atom. The van der Waals surface area contributed by atoms with Gasteiger partial charge in [0.05, 0.1) is 7.11 Å². The number of H-pyrrole nitrogens is 1. The number of carbonyl (C=O) groups is 1. The Bertz CT molecular complexity index is 584. The van der Waals surface area contributed by atoms with Crippen LogP contribution in [0.2, 0.25) is 0 Å². The third-order valence-corrected chi connectivity index (χ3v) is 3.53. The highest BCUT2D eigenvalue weighted by atomic mass is 16.5. The third kappa shape index (κ3) is 1.83. The Morgan fingerprint density at radius 2 is 2.28 bits per heavy atom. The van der Waals surface area contributed by atoms with E-state index in [1.54, 1.807) is 7.11 Å². The van der Waals surface area contributed by atoms with Gasteiger partial charge in [-0.3, -0.25) is 4.79 Å². The van der Waals surface area contributed by atoms with Crippen LogP contribution in [0.1, 0.15) is 29.8 Å². The van der Waals surface area contributed by atoms with Crippen LogP contribution in [0.4, 0.5) is 0 Å². The largest absolute Gasteiger partial charge is 0.496 e. The molecular weight excluding hydrogens is 228 g/mol. The Kier molecular flexibility index (Phi) is 2.70. The van der Waals surface area contributed by atoms with Crippen LogP contribution in [-0.4, -0.2) is 24.0 Å². The lowest BCUT2D eigenvalue weighted by Gasteiger charge is -2.25. The van der Waals surface area contributed by atoms with Gasteiger partial charge < -0.3 is 15.0 Å². The van der Waals surface area contributed by atoms with Gasteiger partial charge in [-0.05, 0) is 37.5 Å². The van der Waals surface area contributed by atoms with Crippen LogP contribution < -0.4 is 10.1 Å². The van der Waals surface area contributed by atoms with Gasteiger partial charge in [0.25, 0.3) is 5.91 Å². The first kappa shape index (κ1) is 11.1. The third-order valence-electron chi connectivity index (χ3n) is 3.53. The predicted molar refractivity (Wildman–Crippen MR) is 70.0 cm³/mol. The first-order valence-corrected chi connectivity index (χ1v) is 6.24. The number of rotatable bonds is 3. The smallest absolute Gasteiger partial charge is 0.267 e. The molecule has 3 rings (SSSR count). The molecule has 1 aliphatic rings. The van der Waals surface area contributed by atoms with Crippen LogP contribution in [0.5, 0.6) is 5.75 Å². The minimum Gasteiger partial charge on any atom is -0.496 e. The van der Waals surface area contributed by atoms with Crippen molar-refractivity contribution in [3.63, 3.8) is 0 Å². The number of ether oxygens (including phenoxy) is 1. The summed E-state index contributed by atoms with van der Waals surface area (Å²) in [6, 6.07) is 7.95. The molecule has 1 aromatic heterocycles. The fourth-order valence-corrected chi connectivity index (χ4v) is 2.24. The van der Waals surface area contributed by atoms with Crippen LogP contribution in [0.25, 0.3) is 10.9 Å². The quantitative estimate of drug-likeness (QED) is 0.871. The van der Waals surface area contributed by atoms with Crippen LogP contribution in [-0.2, 0) is 0 Å². The molecule has 1 fully saturated rings. The molecule has 0 bridgehead atoms. The number of amides is 1. The second-order valence-corrected chi connectivity index (χ2v) is 4.71. The molecule has 4 nitrogen and oxygen atoms in total. The number of nitrogens with one attached hydrogen (secondary N) is 2. The second-order valence-electron chi connectivity index (χ2n) is 4.71. The maximum Gasteiger partial charge on any atom is 0.267 e. The van der Waals surface area contributed by atoms with Crippen LogP contribution in [0.3, 0.4) is 0 Å². The van der Waals surface area contributed by atoms with Gasteiger partial charge in [-0.2, -0.15) is 0 Å². The van der Waals surface area contributed by atoms with Gasteiger partial charge in [-0.1, -0.05) is 6.07 Å². The number of benzene rings is 1. The Hall–Kier alpha value is -1.97. The zero-order valence-electron chi connectivity index (χ0n) is 10.3. The summed E-state index contributed by atoms with van der Waals surface area (Å²) < 4.78 is 5.28. The molecule has 0 aliphatic heterocycles. The molecule has 0 spiro atoms. The molecule has 94 valence electrons. The van der Waals surface area contributed by atoms with E-state index in [9.17, 15) is 4.79 Å². The predicted octanol–water partition coefficient (Wildman–Crippen LogP) is 2.46. The van der Waals surface area contributed by atoms with Crippen molar-refractivity contribution in [2.45, 2.75) is 25.3 Å². The summed E-state index contributed by atoms with van der Waals surface area (Å²) in [6.45, 7) is 0. The van der Waals surface area contributed by atoms with Gasteiger partial charge in [0.2, 0.25) is 0 Å². The van der Waals surface area contributed by atoms with Crippen LogP contribution in [0.15, 0.2) is 24.3 Å². The van der Waals surface area contributed by atoms with E-state index in [0.717, 1.165) is 29.5 Å². The number of aromatic amines is 1. The minimum absolute atomic E-state index is 0.0297. The molecule has 1 amide bonds. The number of hydrogen-bond donors (Lipinski definition) is 2. The monoisotopic (exact) mass is 244 g/mol. The van der Waals surface area contributed by atoms with Crippen LogP contribution >= 0.6 is 0 Å². The van der Waals surface area contributed by atoms with Crippen molar-refractivity contribution in [1.29, 1.82) is 0 Å². The Balaban J connectivity index is 1.90. The summed E-state index contributed by atoms with van der Waals surface area (Å²) in [5.74, 6) is 0.754. The number of fused-ring (bicyclic) bond motifs is 1. The lowest BCUT2D eigenvalue weighted by molar-refractivity contribution is 0.0912. The van der Waals surface area contributed by atoms with Gasteiger partial charge in [0.15, 0.2) is 0 Å². The summed E-state index contributed by atoms with van der Waals surface area (Å²) >= 11 is 0. The second kappa shape index (κ2) is 4.37. The molecule has 0 unspecified atom stereocenters. The van der Waals surface area contributed by atoms with Gasteiger partial charge in [0, 0.05) is 16.9 Å². The number of carbonyl (C=O) groups excluding carboxylic acids is 1. The number of methoxy groups -OCH3 is 1. The molecule has 0 atom stereocenters. The van der Waals surface area contributed by atoms with Crippen molar-refractivity contribution in [2.75, 3.05) is 7.11 Å². The maximum atomic E-state index is 12.0. The van der Waals surface area contributed by atoms with Gasteiger partial charge in [-0.15, -0.1) is 0 Å². The van der Waals surface area contributed by atoms with Crippen molar-refractivity contribution < 1.29 is 9.53 Å². The van der Waals surface area contributed by atoms with Crippen molar-refractivity contribution in [3.8, 4) is 5.75 Å². The minimum atomic E-state index is -0.0297. The molecule has 1 saturated carbocycles. The van der Waals surface area contributed by atoms with Gasteiger partial charge in [-0.25, -0.2) is 0 Å². The highest BCUT2D eigenvalue weighted by molar-refractivity contribution is 5.99. The van der Waals surface area contributed by atoms with E-state index in [1.165, 1.54) is 6.42 Å². The summed E-state index contributed by atoms with van der Waals surface area (Å²) in [5.41, 5.74) is 1.52.